The summed E-state index contributed by atoms with van der Waals surface area (Å²) in [4.78, 5) is 11.3. The molecule has 1 N–H and O–H groups in total. The third-order valence-electron chi connectivity index (χ3n) is 3.04. The fraction of sp³-hybridized carbons (Fsp3) is 0.462. The highest BCUT2D eigenvalue weighted by Crippen LogP contribution is 2.37. The van der Waals surface area contributed by atoms with Gasteiger partial charge >= 0.3 is 12.5 Å². The minimum atomic E-state index is -4.74. The first kappa shape index (κ1) is 17.4. The predicted octanol–water partition coefficient (Wildman–Crippen LogP) is 3.81. The van der Waals surface area contributed by atoms with Gasteiger partial charge in [0.1, 0.15) is 12.4 Å². The fourth-order valence-corrected chi connectivity index (χ4v) is 2.12. The number of alkyl carbamates (subject to hydrolysis) is 1. The number of carbonyl (C=O) groups excluding carboxylic acids is 1. The highest BCUT2D eigenvalue weighted by Gasteiger charge is 2.38. The van der Waals surface area contributed by atoms with Crippen LogP contribution in [0.2, 0.25) is 0 Å². The Kier molecular flexibility index (Phi) is 4.99. The third kappa shape index (κ3) is 4.42. The molecule has 0 spiro atoms. The molecule has 2 rings (SSSR count). The van der Waals surface area contributed by atoms with Gasteiger partial charge in [-0.05, 0) is 17.7 Å². The molecule has 0 aliphatic carbocycles. The molecule has 1 saturated heterocycles. The maximum absolute atomic E-state index is 12.2. The van der Waals surface area contributed by atoms with Crippen molar-refractivity contribution in [1.82, 2.24) is 5.32 Å². The Morgan fingerprint density at radius 2 is 2.05 bits per heavy atom. The molecule has 1 atom stereocenters. The van der Waals surface area contributed by atoms with Gasteiger partial charge in [-0.15, -0.1) is 25.6 Å². The summed E-state index contributed by atoms with van der Waals surface area (Å²) in [6.07, 6.45) is -5.33. The Morgan fingerprint density at radius 3 is 2.67 bits per heavy atom. The van der Waals surface area contributed by atoms with Crippen LogP contribution in [0.5, 0.6) is 5.75 Å². The molecule has 1 aromatic rings. The Hall–Kier alpha value is -1.63. The zero-order valence-corrected chi connectivity index (χ0v) is 12.2. The van der Waals surface area contributed by atoms with Gasteiger partial charge in [-0.2, -0.15) is 0 Å². The molecule has 0 radical (unpaired) electrons. The smallest absolute Gasteiger partial charge is 0.449 e. The van der Waals surface area contributed by atoms with Gasteiger partial charge in [0.15, 0.2) is 0 Å². The summed E-state index contributed by atoms with van der Waals surface area (Å²) in [5, 5.41) is 2.62. The van der Waals surface area contributed by atoms with E-state index in [1.807, 2.05) is 13.8 Å². The first-order valence-electron chi connectivity index (χ1n) is 5.96. The number of cyclic esters (lactones) is 1. The van der Waals surface area contributed by atoms with Crippen molar-refractivity contribution >= 4 is 18.5 Å². The molecule has 1 aromatic carbocycles. The molecule has 21 heavy (non-hydrogen) atoms. The molecular formula is C13H15ClF3NO3. The number of hydrogen-bond acceptors (Lipinski definition) is 3. The summed E-state index contributed by atoms with van der Waals surface area (Å²) < 4.78 is 45.4. The van der Waals surface area contributed by atoms with Gasteiger partial charge in [-0.1, -0.05) is 26.0 Å². The molecule has 0 unspecified atom stereocenters. The van der Waals surface area contributed by atoms with Crippen LogP contribution in [0.1, 0.15) is 25.5 Å². The van der Waals surface area contributed by atoms with Crippen LogP contribution in [-0.4, -0.2) is 19.1 Å². The Morgan fingerprint density at radius 1 is 1.38 bits per heavy atom. The van der Waals surface area contributed by atoms with Crippen molar-refractivity contribution in [2.75, 3.05) is 6.61 Å². The number of ether oxygens (including phenoxy) is 2. The van der Waals surface area contributed by atoms with Crippen LogP contribution in [0.4, 0.5) is 18.0 Å². The summed E-state index contributed by atoms with van der Waals surface area (Å²) in [5.41, 5.74) is 0.0958. The van der Waals surface area contributed by atoms with Crippen molar-refractivity contribution in [3.05, 3.63) is 29.8 Å². The highest BCUT2D eigenvalue weighted by atomic mass is 35.5. The topological polar surface area (TPSA) is 47.6 Å². The van der Waals surface area contributed by atoms with E-state index >= 15 is 0 Å². The van der Waals surface area contributed by atoms with Crippen molar-refractivity contribution in [1.29, 1.82) is 0 Å². The van der Waals surface area contributed by atoms with Crippen molar-refractivity contribution in [2.24, 2.45) is 5.41 Å². The summed E-state index contributed by atoms with van der Waals surface area (Å²) in [5.74, 6) is -0.313. The Bertz CT molecular complexity index is 520. The van der Waals surface area contributed by atoms with Crippen LogP contribution in [0.25, 0.3) is 0 Å². The average molecular weight is 326 g/mol. The normalized spacial score (nSPS) is 20.8. The molecule has 0 saturated carbocycles. The van der Waals surface area contributed by atoms with E-state index in [1.165, 1.54) is 18.2 Å². The van der Waals surface area contributed by atoms with Crippen LogP contribution in [0.15, 0.2) is 24.3 Å². The number of benzene rings is 1. The molecule has 4 nitrogen and oxygen atoms in total. The van der Waals surface area contributed by atoms with E-state index in [-0.39, 0.29) is 24.8 Å². The number of nitrogens with one attached hydrogen (secondary N) is 1. The number of halogens is 4. The molecule has 8 heteroatoms. The van der Waals surface area contributed by atoms with E-state index in [4.69, 9.17) is 4.74 Å². The van der Waals surface area contributed by atoms with E-state index in [0.717, 1.165) is 0 Å². The number of rotatable bonds is 2. The van der Waals surface area contributed by atoms with Gasteiger partial charge in [-0.3, -0.25) is 0 Å². The number of carbonyl (C=O) groups is 1. The van der Waals surface area contributed by atoms with Crippen LogP contribution in [-0.2, 0) is 4.74 Å². The molecule has 1 aliphatic heterocycles. The lowest BCUT2D eigenvalue weighted by molar-refractivity contribution is -0.274. The van der Waals surface area contributed by atoms with E-state index in [2.05, 4.69) is 10.1 Å². The molecule has 118 valence electrons. The van der Waals surface area contributed by atoms with Gasteiger partial charge < -0.3 is 14.8 Å². The lowest BCUT2D eigenvalue weighted by atomic mass is 9.80. The SMILES string of the molecule is CC1(C)COC(=O)N[C@@H]1c1cccc(OC(F)(F)F)c1.Cl. The molecule has 1 aliphatic rings. The summed E-state index contributed by atoms with van der Waals surface area (Å²) in [6, 6.07) is 5.13. The van der Waals surface area contributed by atoms with Crippen LogP contribution < -0.4 is 10.1 Å². The summed E-state index contributed by atoms with van der Waals surface area (Å²) in [7, 11) is 0. The first-order valence-corrected chi connectivity index (χ1v) is 5.96. The summed E-state index contributed by atoms with van der Waals surface area (Å²) in [6.45, 7) is 3.90. The number of amides is 1. The standard InChI is InChI=1S/C13H14F3NO3.ClH/c1-12(2)7-19-11(18)17-10(12)8-4-3-5-9(6-8)20-13(14,15)16;/h3-6,10H,7H2,1-2H3,(H,17,18);1H/t10-;/m1./s1. The van der Waals surface area contributed by atoms with Crippen LogP contribution >= 0.6 is 12.4 Å². The summed E-state index contributed by atoms with van der Waals surface area (Å²) >= 11 is 0. The maximum Gasteiger partial charge on any atom is 0.573 e. The lowest BCUT2D eigenvalue weighted by Gasteiger charge is -2.38. The van der Waals surface area contributed by atoms with Crippen molar-refractivity contribution in [3.63, 3.8) is 0 Å². The second-order valence-electron chi connectivity index (χ2n) is 5.26. The van der Waals surface area contributed by atoms with Crippen LogP contribution in [0, 0.1) is 5.41 Å². The van der Waals surface area contributed by atoms with Gasteiger partial charge in [-0.25, -0.2) is 4.79 Å². The van der Waals surface area contributed by atoms with E-state index in [9.17, 15) is 18.0 Å². The van der Waals surface area contributed by atoms with Gasteiger partial charge in [0.25, 0.3) is 0 Å². The Balaban J connectivity index is 0.00000220. The molecule has 1 amide bonds. The quantitative estimate of drug-likeness (QED) is 0.899. The maximum atomic E-state index is 12.2. The van der Waals surface area contributed by atoms with Gasteiger partial charge in [0.2, 0.25) is 0 Å². The molecule has 1 heterocycles. The monoisotopic (exact) mass is 325 g/mol. The zero-order chi connectivity index (χ0) is 15.0. The van der Waals surface area contributed by atoms with Crippen LogP contribution in [0.3, 0.4) is 0 Å². The fourth-order valence-electron chi connectivity index (χ4n) is 2.12. The second-order valence-corrected chi connectivity index (χ2v) is 5.26. The lowest BCUT2D eigenvalue weighted by Crippen LogP contribution is -2.46. The van der Waals surface area contributed by atoms with E-state index < -0.39 is 23.9 Å². The highest BCUT2D eigenvalue weighted by molar-refractivity contribution is 5.85. The zero-order valence-electron chi connectivity index (χ0n) is 11.4. The van der Waals surface area contributed by atoms with Gasteiger partial charge in [0, 0.05) is 5.41 Å². The van der Waals surface area contributed by atoms with E-state index in [1.54, 1.807) is 6.07 Å². The minimum absolute atomic E-state index is 0. The third-order valence-corrected chi connectivity index (χ3v) is 3.04. The van der Waals surface area contributed by atoms with Crippen molar-refractivity contribution in [3.8, 4) is 5.75 Å². The van der Waals surface area contributed by atoms with Gasteiger partial charge in [0.05, 0.1) is 6.04 Å². The van der Waals surface area contributed by atoms with E-state index in [0.29, 0.717) is 5.56 Å². The predicted molar refractivity (Wildman–Crippen MR) is 71.4 cm³/mol. The minimum Gasteiger partial charge on any atom is -0.449 e. The average Bonchev–Trinajstić information content (AvgIpc) is 2.30. The number of hydrogen-bond donors (Lipinski definition) is 1. The second kappa shape index (κ2) is 6.01. The van der Waals surface area contributed by atoms with Crippen molar-refractivity contribution in [2.45, 2.75) is 26.3 Å². The molecule has 0 bridgehead atoms. The Labute approximate surface area is 126 Å². The number of alkyl halides is 3. The van der Waals surface area contributed by atoms with Crippen molar-refractivity contribution < 1.29 is 27.4 Å². The molecular weight excluding hydrogens is 311 g/mol. The first-order chi connectivity index (χ1) is 9.17. The largest absolute Gasteiger partial charge is 0.573 e. The molecule has 1 fully saturated rings. The molecule has 0 aromatic heterocycles.